The average Bonchev–Trinajstić information content (AvgIpc) is 3.40. The fraction of sp³-hybridized carbons (Fsp3) is 0.704. The lowest BCUT2D eigenvalue weighted by molar-refractivity contribution is -0.143. The number of Topliss-reactive ketones (excluding diaryl/α,β-unsaturated/α-hetero) is 1. The van der Waals surface area contributed by atoms with Gasteiger partial charge in [-0.15, -0.1) is 0 Å². The molecule has 1 heterocycles. The van der Waals surface area contributed by atoms with Gasteiger partial charge in [-0.05, 0) is 70.3 Å². The van der Waals surface area contributed by atoms with Crippen LogP contribution in [0.4, 0.5) is 4.79 Å². The van der Waals surface area contributed by atoms with Crippen molar-refractivity contribution in [1.82, 2.24) is 20.9 Å². The van der Waals surface area contributed by atoms with Crippen LogP contribution < -0.4 is 16.0 Å². The predicted octanol–water partition coefficient (Wildman–Crippen LogP) is 1.70. The molecule has 3 rings (SSSR count). The van der Waals surface area contributed by atoms with E-state index >= 15 is 0 Å². The molecule has 2 saturated carbocycles. The zero-order chi connectivity index (χ0) is 28.0. The number of nitrogens with zero attached hydrogens (tertiary/aromatic N) is 1. The summed E-state index contributed by atoms with van der Waals surface area (Å²) < 4.78 is 0. The number of fused-ring (bicyclic) bond motifs is 1. The standard InChI is InChI=1S/C27H40N4O7/c1-4-6-20(23(33)25(35)28-17-9-10-17)29-24(34)22-19-8-5-7-16(19)14-31(22)26(36)21(30-27(37)38)12-11-18(32)13-15(2)3/h13,16-17,19-22,30H,4-12,14H2,1-3H3,(H,28,35)(H,29,34)(H,37,38)/t16-,19-,20-,21-,22-/m0/s1. The van der Waals surface area contributed by atoms with Crippen molar-refractivity contribution in [3.05, 3.63) is 11.6 Å². The number of hydrogen-bond donors (Lipinski definition) is 4. The molecule has 11 nitrogen and oxygen atoms in total. The first-order chi connectivity index (χ1) is 18.0. The maximum Gasteiger partial charge on any atom is 0.405 e. The fourth-order valence-electron chi connectivity index (χ4n) is 5.61. The lowest BCUT2D eigenvalue weighted by Crippen LogP contribution is -2.57. The van der Waals surface area contributed by atoms with Crippen molar-refractivity contribution in [1.29, 1.82) is 0 Å². The molecule has 0 unspecified atom stereocenters. The molecule has 3 aliphatic rings. The number of allylic oxidation sites excluding steroid dienone is 2. The number of carbonyl (C=O) groups is 6. The number of carbonyl (C=O) groups excluding carboxylic acids is 5. The Labute approximate surface area is 223 Å². The molecular weight excluding hydrogens is 492 g/mol. The highest BCUT2D eigenvalue weighted by atomic mass is 16.4. The van der Waals surface area contributed by atoms with Gasteiger partial charge >= 0.3 is 6.09 Å². The fourth-order valence-corrected chi connectivity index (χ4v) is 5.61. The molecule has 0 bridgehead atoms. The molecule has 0 aromatic heterocycles. The van der Waals surface area contributed by atoms with Gasteiger partial charge in [-0.1, -0.05) is 25.3 Å². The van der Waals surface area contributed by atoms with Gasteiger partial charge in [0.25, 0.3) is 5.91 Å². The van der Waals surface area contributed by atoms with E-state index in [1.54, 1.807) is 13.8 Å². The Balaban J connectivity index is 1.77. The Morgan fingerprint density at radius 3 is 2.29 bits per heavy atom. The minimum absolute atomic E-state index is 0.00824. The van der Waals surface area contributed by atoms with E-state index in [1.165, 1.54) is 11.0 Å². The second-order valence-electron chi connectivity index (χ2n) is 11.0. The summed E-state index contributed by atoms with van der Waals surface area (Å²) in [5.41, 5.74) is 0.801. The van der Waals surface area contributed by atoms with E-state index in [0.717, 1.165) is 37.7 Å². The molecule has 1 saturated heterocycles. The molecule has 38 heavy (non-hydrogen) atoms. The summed E-state index contributed by atoms with van der Waals surface area (Å²) in [4.78, 5) is 77.5. The number of hydrogen-bond acceptors (Lipinski definition) is 6. The van der Waals surface area contributed by atoms with Gasteiger partial charge in [-0.25, -0.2) is 4.79 Å². The van der Waals surface area contributed by atoms with Gasteiger partial charge in [0.2, 0.25) is 17.6 Å². The van der Waals surface area contributed by atoms with E-state index in [4.69, 9.17) is 0 Å². The maximum atomic E-state index is 13.6. The van der Waals surface area contributed by atoms with Crippen LogP contribution in [0.25, 0.3) is 0 Å². The minimum atomic E-state index is -1.39. The van der Waals surface area contributed by atoms with Crippen molar-refractivity contribution >= 4 is 35.4 Å². The first kappa shape index (κ1) is 29.3. The van der Waals surface area contributed by atoms with Crippen molar-refractivity contribution in [2.75, 3.05) is 6.54 Å². The molecule has 0 aromatic rings. The normalized spacial score (nSPS) is 23.6. The van der Waals surface area contributed by atoms with Crippen LogP contribution in [0, 0.1) is 11.8 Å². The van der Waals surface area contributed by atoms with E-state index in [-0.39, 0.29) is 42.9 Å². The third-order valence-corrected chi connectivity index (χ3v) is 7.51. The highest BCUT2D eigenvalue weighted by Crippen LogP contribution is 2.42. The molecule has 0 radical (unpaired) electrons. The van der Waals surface area contributed by atoms with Gasteiger partial charge in [-0.3, -0.25) is 24.0 Å². The number of amides is 4. The van der Waals surface area contributed by atoms with Gasteiger partial charge in [-0.2, -0.15) is 0 Å². The number of likely N-dealkylation sites (tertiary alicyclic amines) is 1. The largest absolute Gasteiger partial charge is 0.465 e. The number of nitrogens with one attached hydrogen (secondary N) is 3. The van der Waals surface area contributed by atoms with Gasteiger partial charge in [0.15, 0.2) is 5.78 Å². The Bertz CT molecular complexity index is 986. The molecule has 0 spiro atoms. The molecule has 1 aliphatic heterocycles. The zero-order valence-corrected chi connectivity index (χ0v) is 22.5. The van der Waals surface area contributed by atoms with Crippen LogP contribution in [0.15, 0.2) is 11.6 Å². The summed E-state index contributed by atoms with van der Waals surface area (Å²) >= 11 is 0. The highest BCUT2D eigenvalue weighted by Gasteiger charge is 2.51. The predicted molar refractivity (Wildman–Crippen MR) is 138 cm³/mol. The van der Waals surface area contributed by atoms with Crippen LogP contribution in [0.5, 0.6) is 0 Å². The summed E-state index contributed by atoms with van der Waals surface area (Å²) in [6, 6.07) is -3.05. The van der Waals surface area contributed by atoms with Gasteiger partial charge < -0.3 is 26.0 Å². The van der Waals surface area contributed by atoms with Crippen LogP contribution in [-0.4, -0.2) is 76.1 Å². The molecule has 11 heteroatoms. The Kier molecular flexibility index (Phi) is 10.0. The molecule has 4 amide bonds. The van der Waals surface area contributed by atoms with Crippen molar-refractivity contribution in [2.24, 2.45) is 11.8 Å². The van der Waals surface area contributed by atoms with Crippen LogP contribution >= 0.6 is 0 Å². The summed E-state index contributed by atoms with van der Waals surface area (Å²) in [5.74, 6) is -2.72. The number of carboxylic acid groups (broad SMARTS) is 1. The van der Waals surface area contributed by atoms with E-state index in [0.29, 0.717) is 13.0 Å². The molecule has 0 aromatic carbocycles. The van der Waals surface area contributed by atoms with Crippen molar-refractivity contribution in [3.63, 3.8) is 0 Å². The highest BCUT2D eigenvalue weighted by molar-refractivity contribution is 6.38. The molecule has 4 N–H and O–H groups in total. The molecule has 3 fully saturated rings. The second kappa shape index (κ2) is 13.0. The quantitative estimate of drug-likeness (QED) is 0.207. The van der Waals surface area contributed by atoms with Crippen LogP contribution in [-0.2, 0) is 24.0 Å². The summed E-state index contributed by atoms with van der Waals surface area (Å²) in [6.45, 7) is 5.70. The minimum Gasteiger partial charge on any atom is -0.465 e. The second-order valence-corrected chi connectivity index (χ2v) is 11.0. The van der Waals surface area contributed by atoms with Gasteiger partial charge in [0, 0.05) is 19.0 Å². The monoisotopic (exact) mass is 532 g/mol. The topological polar surface area (TPSA) is 162 Å². The van der Waals surface area contributed by atoms with E-state index in [1.807, 2.05) is 6.92 Å². The van der Waals surface area contributed by atoms with E-state index in [2.05, 4.69) is 16.0 Å². The van der Waals surface area contributed by atoms with Crippen molar-refractivity contribution in [3.8, 4) is 0 Å². The summed E-state index contributed by atoms with van der Waals surface area (Å²) in [5, 5.41) is 17.0. The van der Waals surface area contributed by atoms with Crippen LogP contribution in [0.3, 0.4) is 0 Å². The van der Waals surface area contributed by atoms with Crippen molar-refractivity contribution in [2.45, 2.75) is 103 Å². The smallest absolute Gasteiger partial charge is 0.405 e. The molecular formula is C27H40N4O7. The Hall–Kier alpha value is -3.24. The Morgan fingerprint density at radius 1 is 0.974 bits per heavy atom. The van der Waals surface area contributed by atoms with Crippen LogP contribution in [0.1, 0.15) is 78.6 Å². The summed E-state index contributed by atoms with van der Waals surface area (Å²) in [6.07, 6.45) is 4.99. The molecule has 5 atom stereocenters. The SMILES string of the molecule is CCC[C@H](NC(=O)[C@@H]1[C@H]2CCC[C@H]2CN1C(=O)[C@H](CCC(=O)C=C(C)C)NC(=O)O)C(=O)C(=O)NC1CC1. The average molecular weight is 533 g/mol. The van der Waals surface area contributed by atoms with E-state index < -0.39 is 47.7 Å². The molecule has 2 aliphatic carbocycles. The summed E-state index contributed by atoms with van der Waals surface area (Å²) in [7, 11) is 0. The van der Waals surface area contributed by atoms with E-state index in [9.17, 15) is 33.9 Å². The van der Waals surface area contributed by atoms with Gasteiger partial charge in [0.05, 0.1) is 6.04 Å². The maximum absolute atomic E-state index is 13.6. The van der Waals surface area contributed by atoms with Gasteiger partial charge in [0.1, 0.15) is 12.1 Å². The third kappa shape index (κ3) is 7.64. The Morgan fingerprint density at radius 2 is 1.68 bits per heavy atom. The first-order valence-corrected chi connectivity index (χ1v) is 13.6. The van der Waals surface area contributed by atoms with Crippen molar-refractivity contribution < 1.29 is 33.9 Å². The lowest BCUT2D eigenvalue weighted by Gasteiger charge is -2.31. The third-order valence-electron chi connectivity index (χ3n) is 7.51. The van der Waals surface area contributed by atoms with Crippen LogP contribution in [0.2, 0.25) is 0 Å². The zero-order valence-electron chi connectivity index (χ0n) is 22.5. The number of ketones is 2. The number of rotatable bonds is 13. The lowest BCUT2D eigenvalue weighted by atomic mass is 9.92. The first-order valence-electron chi connectivity index (χ1n) is 13.6. The molecule has 210 valence electrons.